The summed E-state index contributed by atoms with van der Waals surface area (Å²) in [7, 11) is 1.33. The van der Waals surface area contributed by atoms with Crippen LogP contribution in [0.15, 0.2) is 0 Å². The van der Waals surface area contributed by atoms with Gasteiger partial charge in [-0.15, -0.1) is 11.3 Å². The standard InChI is InChI=1S/C11H15N3O3S/c1-7-9(10(16)17-2)13-11(18-7)14-5-3-4-12-8(15)6-14/h3-6H2,1-2H3,(H,12,15). The predicted molar refractivity (Wildman–Crippen MR) is 68.0 cm³/mol. The number of carbonyl (C=O) groups excluding carboxylic acids is 2. The van der Waals surface area contributed by atoms with E-state index in [0.717, 1.165) is 17.8 Å². The molecule has 0 aliphatic carbocycles. The van der Waals surface area contributed by atoms with Crippen LogP contribution in [0.3, 0.4) is 0 Å². The van der Waals surface area contributed by atoms with Crippen LogP contribution in [-0.4, -0.2) is 43.6 Å². The van der Waals surface area contributed by atoms with Crippen LogP contribution in [0, 0.1) is 6.92 Å². The maximum Gasteiger partial charge on any atom is 0.357 e. The number of rotatable bonds is 2. The topological polar surface area (TPSA) is 71.5 Å². The molecule has 1 saturated heterocycles. The number of ether oxygens (including phenoxy) is 1. The van der Waals surface area contributed by atoms with Gasteiger partial charge in [0.25, 0.3) is 0 Å². The fourth-order valence-corrected chi connectivity index (χ4v) is 2.69. The van der Waals surface area contributed by atoms with Crippen molar-refractivity contribution in [2.45, 2.75) is 13.3 Å². The summed E-state index contributed by atoms with van der Waals surface area (Å²) in [6, 6.07) is 0. The molecular formula is C11H15N3O3S. The Bertz CT molecular complexity index is 472. The molecule has 1 N–H and O–H groups in total. The smallest absolute Gasteiger partial charge is 0.357 e. The summed E-state index contributed by atoms with van der Waals surface area (Å²) in [5.41, 5.74) is 0.335. The number of anilines is 1. The third kappa shape index (κ3) is 2.61. The summed E-state index contributed by atoms with van der Waals surface area (Å²) in [6.07, 6.45) is 0.873. The molecule has 7 heteroatoms. The van der Waals surface area contributed by atoms with Crippen molar-refractivity contribution in [1.29, 1.82) is 0 Å². The van der Waals surface area contributed by atoms with Crippen molar-refractivity contribution in [2.24, 2.45) is 0 Å². The molecule has 0 spiro atoms. The number of nitrogens with zero attached hydrogens (tertiary/aromatic N) is 2. The maximum atomic E-state index is 11.5. The summed E-state index contributed by atoms with van der Waals surface area (Å²) in [5.74, 6) is -0.450. The highest BCUT2D eigenvalue weighted by atomic mass is 32.1. The van der Waals surface area contributed by atoms with Crippen molar-refractivity contribution in [1.82, 2.24) is 10.3 Å². The molecule has 0 unspecified atom stereocenters. The Kier molecular flexibility index (Phi) is 3.81. The molecule has 0 radical (unpaired) electrons. The number of esters is 1. The first kappa shape index (κ1) is 12.8. The molecule has 0 bridgehead atoms. The van der Waals surface area contributed by atoms with Crippen LogP contribution < -0.4 is 10.2 Å². The minimum Gasteiger partial charge on any atom is -0.464 e. The number of aromatic nitrogens is 1. The predicted octanol–water partition coefficient (Wildman–Crippen LogP) is 0.564. The zero-order valence-corrected chi connectivity index (χ0v) is 11.2. The van der Waals surface area contributed by atoms with Crippen LogP contribution in [0.1, 0.15) is 21.8 Å². The van der Waals surface area contributed by atoms with Gasteiger partial charge in [-0.2, -0.15) is 0 Å². The number of carbonyl (C=O) groups is 2. The lowest BCUT2D eigenvalue weighted by atomic mass is 10.4. The van der Waals surface area contributed by atoms with E-state index in [2.05, 4.69) is 15.0 Å². The Labute approximate surface area is 109 Å². The van der Waals surface area contributed by atoms with Gasteiger partial charge in [0.1, 0.15) is 0 Å². The highest BCUT2D eigenvalue weighted by molar-refractivity contribution is 7.15. The summed E-state index contributed by atoms with van der Waals surface area (Å²) in [4.78, 5) is 29.9. The van der Waals surface area contributed by atoms with Gasteiger partial charge in [0.05, 0.1) is 13.7 Å². The molecule has 2 heterocycles. The molecule has 18 heavy (non-hydrogen) atoms. The molecule has 98 valence electrons. The zero-order valence-electron chi connectivity index (χ0n) is 10.4. The SMILES string of the molecule is COC(=O)c1nc(N2CCCNC(=O)C2)sc1C. The van der Waals surface area contributed by atoms with Crippen LogP contribution >= 0.6 is 11.3 Å². The monoisotopic (exact) mass is 269 g/mol. The van der Waals surface area contributed by atoms with Crippen molar-refractivity contribution in [3.8, 4) is 0 Å². The molecule has 1 aromatic rings. The fraction of sp³-hybridized carbons (Fsp3) is 0.545. The lowest BCUT2D eigenvalue weighted by Crippen LogP contribution is -2.33. The summed E-state index contributed by atoms with van der Waals surface area (Å²) >= 11 is 1.41. The minimum atomic E-state index is -0.436. The first-order chi connectivity index (χ1) is 8.61. The van der Waals surface area contributed by atoms with E-state index in [0.29, 0.717) is 17.4 Å². The fourth-order valence-electron chi connectivity index (χ4n) is 1.77. The van der Waals surface area contributed by atoms with Gasteiger partial charge in [0, 0.05) is 18.0 Å². The van der Waals surface area contributed by atoms with Crippen LogP contribution in [0.4, 0.5) is 5.13 Å². The van der Waals surface area contributed by atoms with Gasteiger partial charge >= 0.3 is 5.97 Å². The number of amides is 1. The van der Waals surface area contributed by atoms with Crippen molar-refractivity contribution in [3.63, 3.8) is 0 Å². The molecule has 1 fully saturated rings. The average molecular weight is 269 g/mol. The Balaban J connectivity index is 2.22. The second-order valence-electron chi connectivity index (χ2n) is 4.02. The van der Waals surface area contributed by atoms with E-state index in [1.165, 1.54) is 18.4 Å². The lowest BCUT2D eigenvalue weighted by molar-refractivity contribution is -0.119. The van der Waals surface area contributed by atoms with E-state index in [9.17, 15) is 9.59 Å². The molecule has 1 amide bonds. The quantitative estimate of drug-likeness (QED) is 0.795. The van der Waals surface area contributed by atoms with Crippen molar-refractivity contribution in [3.05, 3.63) is 10.6 Å². The van der Waals surface area contributed by atoms with Gasteiger partial charge < -0.3 is 15.0 Å². The number of hydrogen-bond donors (Lipinski definition) is 1. The summed E-state index contributed by atoms with van der Waals surface area (Å²) in [6.45, 7) is 3.55. The van der Waals surface area contributed by atoms with Gasteiger partial charge in [0.15, 0.2) is 10.8 Å². The largest absolute Gasteiger partial charge is 0.464 e. The van der Waals surface area contributed by atoms with Crippen LogP contribution in [-0.2, 0) is 9.53 Å². The Hall–Kier alpha value is -1.63. The molecule has 2 rings (SSSR count). The van der Waals surface area contributed by atoms with E-state index in [1.54, 1.807) is 0 Å². The average Bonchev–Trinajstić information content (AvgIpc) is 2.60. The van der Waals surface area contributed by atoms with E-state index >= 15 is 0 Å². The van der Waals surface area contributed by atoms with Gasteiger partial charge in [-0.05, 0) is 13.3 Å². The first-order valence-electron chi connectivity index (χ1n) is 5.69. The zero-order chi connectivity index (χ0) is 13.1. The highest BCUT2D eigenvalue weighted by Gasteiger charge is 2.22. The molecule has 0 saturated carbocycles. The van der Waals surface area contributed by atoms with Crippen LogP contribution in [0.5, 0.6) is 0 Å². The molecule has 1 aliphatic rings. The van der Waals surface area contributed by atoms with Gasteiger partial charge in [-0.3, -0.25) is 4.79 Å². The third-order valence-electron chi connectivity index (χ3n) is 2.70. The van der Waals surface area contributed by atoms with Crippen molar-refractivity contribution >= 4 is 28.3 Å². The maximum absolute atomic E-state index is 11.5. The Morgan fingerprint density at radius 2 is 2.33 bits per heavy atom. The first-order valence-corrected chi connectivity index (χ1v) is 6.51. The van der Waals surface area contributed by atoms with Gasteiger partial charge in [-0.25, -0.2) is 9.78 Å². The van der Waals surface area contributed by atoms with Crippen LogP contribution in [0.2, 0.25) is 0 Å². The minimum absolute atomic E-state index is 0.0139. The molecule has 0 aromatic carbocycles. The van der Waals surface area contributed by atoms with Crippen molar-refractivity contribution in [2.75, 3.05) is 31.6 Å². The summed E-state index contributed by atoms with van der Waals surface area (Å²) in [5, 5.41) is 3.50. The Morgan fingerprint density at radius 1 is 1.56 bits per heavy atom. The van der Waals surface area contributed by atoms with Gasteiger partial charge in [0.2, 0.25) is 5.91 Å². The van der Waals surface area contributed by atoms with Gasteiger partial charge in [-0.1, -0.05) is 0 Å². The molecule has 1 aliphatic heterocycles. The number of thiazole rings is 1. The number of aryl methyl sites for hydroxylation is 1. The molecule has 6 nitrogen and oxygen atoms in total. The molecule has 1 aromatic heterocycles. The second-order valence-corrected chi connectivity index (χ2v) is 5.20. The molecule has 0 atom stereocenters. The summed E-state index contributed by atoms with van der Waals surface area (Å²) < 4.78 is 4.67. The van der Waals surface area contributed by atoms with E-state index in [4.69, 9.17) is 0 Å². The normalized spacial score (nSPS) is 16.1. The van der Waals surface area contributed by atoms with E-state index in [-0.39, 0.29) is 12.5 Å². The van der Waals surface area contributed by atoms with E-state index in [1.807, 2.05) is 11.8 Å². The number of methoxy groups -OCH3 is 1. The van der Waals surface area contributed by atoms with Crippen LogP contribution in [0.25, 0.3) is 0 Å². The lowest BCUT2D eigenvalue weighted by Gasteiger charge is -2.16. The molecular weight excluding hydrogens is 254 g/mol. The second kappa shape index (κ2) is 5.34. The van der Waals surface area contributed by atoms with E-state index < -0.39 is 5.97 Å². The van der Waals surface area contributed by atoms with Crippen molar-refractivity contribution < 1.29 is 14.3 Å². The highest BCUT2D eigenvalue weighted by Crippen LogP contribution is 2.26. The third-order valence-corrected chi connectivity index (χ3v) is 3.73. The number of hydrogen-bond acceptors (Lipinski definition) is 6. The number of nitrogens with one attached hydrogen (secondary N) is 1. The Morgan fingerprint density at radius 3 is 3.06 bits per heavy atom.